The number of nitrogens with zero attached hydrogens (tertiary/aromatic N) is 2. The molecule has 1 aliphatic carbocycles. The van der Waals surface area contributed by atoms with Crippen molar-refractivity contribution in [1.82, 2.24) is 9.88 Å². The fourth-order valence-electron chi connectivity index (χ4n) is 3.81. The van der Waals surface area contributed by atoms with Gasteiger partial charge in [0.1, 0.15) is 0 Å². The van der Waals surface area contributed by atoms with Crippen molar-refractivity contribution in [3.63, 3.8) is 0 Å². The van der Waals surface area contributed by atoms with E-state index >= 15 is 0 Å². The summed E-state index contributed by atoms with van der Waals surface area (Å²) in [6.45, 7) is 5.31. The number of hydrogen-bond acceptors (Lipinski definition) is 3. The number of carbonyl (C=O) groups is 2. The summed E-state index contributed by atoms with van der Waals surface area (Å²) in [4.78, 5) is 31.8. The lowest BCUT2D eigenvalue weighted by Gasteiger charge is -2.23. The van der Waals surface area contributed by atoms with Gasteiger partial charge in [0.05, 0.1) is 0 Å². The number of hydrogen-bond donors (Lipinski definition) is 1. The molecule has 5 nitrogen and oxygen atoms in total. The maximum atomic E-state index is 13.3. The molecular weight excluding hydrogens is 362 g/mol. The Hall–Kier alpha value is -2.69. The molecule has 3 rings (SSSR count). The summed E-state index contributed by atoms with van der Waals surface area (Å²) < 4.78 is 0. The van der Waals surface area contributed by atoms with E-state index in [9.17, 15) is 9.59 Å². The molecule has 29 heavy (non-hydrogen) atoms. The van der Waals surface area contributed by atoms with Gasteiger partial charge in [-0.05, 0) is 55.5 Å². The van der Waals surface area contributed by atoms with Gasteiger partial charge < -0.3 is 10.2 Å². The molecule has 1 heterocycles. The smallest absolute Gasteiger partial charge is 0.254 e. The predicted octanol–water partition coefficient (Wildman–Crippen LogP) is 4.96. The van der Waals surface area contributed by atoms with Gasteiger partial charge in [0, 0.05) is 42.7 Å². The van der Waals surface area contributed by atoms with Crippen LogP contribution in [0.25, 0.3) is 0 Å². The summed E-state index contributed by atoms with van der Waals surface area (Å²) >= 11 is 0. The van der Waals surface area contributed by atoms with Gasteiger partial charge in [-0.15, -0.1) is 0 Å². The van der Waals surface area contributed by atoms with Crippen LogP contribution in [0.5, 0.6) is 0 Å². The van der Waals surface area contributed by atoms with Crippen LogP contribution in [0.2, 0.25) is 0 Å². The molecule has 0 radical (unpaired) electrons. The highest BCUT2D eigenvalue weighted by atomic mass is 16.2. The van der Waals surface area contributed by atoms with E-state index in [2.05, 4.69) is 17.2 Å². The van der Waals surface area contributed by atoms with E-state index < -0.39 is 0 Å². The third kappa shape index (κ3) is 5.66. The molecular formula is C24H31N3O2. The van der Waals surface area contributed by atoms with Gasteiger partial charge in [-0.2, -0.15) is 0 Å². The van der Waals surface area contributed by atoms with Gasteiger partial charge in [0.2, 0.25) is 5.91 Å². The average Bonchev–Trinajstić information content (AvgIpc) is 3.28. The molecule has 5 heteroatoms. The van der Waals surface area contributed by atoms with Crippen molar-refractivity contribution in [2.75, 3.05) is 11.9 Å². The molecule has 0 bridgehead atoms. The van der Waals surface area contributed by atoms with E-state index in [1.165, 1.54) is 0 Å². The van der Waals surface area contributed by atoms with Crippen molar-refractivity contribution in [1.29, 1.82) is 0 Å². The first kappa shape index (κ1) is 21.0. The summed E-state index contributed by atoms with van der Waals surface area (Å²) in [5.41, 5.74) is 3.33. The fraction of sp³-hybridized carbons (Fsp3) is 0.458. The van der Waals surface area contributed by atoms with Crippen LogP contribution in [0, 0.1) is 12.8 Å². The molecule has 2 amide bonds. The lowest BCUT2D eigenvalue weighted by molar-refractivity contribution is -0.119. The van der Waals surface area contributed by atoms with Crippen molar-refractivity contribution in [3.8, 4) is 0 Å². The first-order chi connectivity index (χ1) is 14.1. The van der Waals surface area contributed by atoms with Crippen LogP contribution in [0.1, 0.15) is 66.9 Å². The number of benzene rings is 1. The third-order valence-corrected chi connectivity index (χ3v) is 5.63. The number of anilines is 1. The summed E-state index contributed by atoms with van der Waals surface area (Å²) in [6.07, 6.45) is 9.66. The van der Waals surface area contributed by atoms with Crippen molar-refractivity contribution >= 4 is 17.5 Å². The SMILES string of the molecule is CCCCN(Cc1cccnc1)C(=O)c1ccc(C)c(NC(=O)C2CCCC2)c1. The number of amides is 2. The normalized spacial score (nSPS) is 14.0. The second kappa shape index (κ2) is 10.2. The van der Waals surface area contributed by atoms with Gasteiger partial charge in [-0.25, -0.2) is 0 Å². The zero-order chi connectivity index (χ0) is 20.6. The number of aryl methyl sites for hydroxylation is 1. The van der Waals surface area contributed by atoms with Gasteiger partial charge in [0.15, 0.2) is 0 Å². The maximum absolute atomic E-state index is 13.3. The molecule has 1 aliphatic rings. The standard InChI is InChI=1S/C24H31N3O2/c1-3-4-14-27(17-19-8-7-13-25-16-19)24(29)21-12-11-18(2)22(15-21)26-23(28)20-9-5-6-10-20/h7-8,11-13,15-16,20H,3-6,9-10,14,17H2,1-2H3,(H,26,28). The second-order valence-corrected chi connectivity index (χ2v) is 7.94. The minimum absolute atomic E-state index is 0.0151. The lowest BCUT2D eigenvalue weighted by atomic mass is 10.1. The fourth-order valence-corrected chi connectivity index (χ4v) is 3.81. The van der Waals surface area contributed by atoms with Crippen molar-refractivity contribution in [2.45, 2.75) is 58.9 Å². The first-order valence-electron chi connectivity index (χ1n) is 10.7. The van der Waals surface area contributed by atoms with E-state index in [1.807, 2.05) is 42.2 Å². The highest BCUT2D eigenvalue weighted by Crippen LogP contribution is 2.27. The predicted molar refractivity (Wildman–Crippen MR) is 116 cm³/mol. The van der Waals surface area contributed by atoms with E-state index in [4.69, 9.17) is 0 Å². The highest BCUT2D eigenvalue weighted by Gasteiger charge is 2.23. The third-order valence-electron chi connectivity index (χ3n) is 5.63. The Morgan fingerprint density at radius 3 is 2.69 bits per heavy atom. The lowest BCUT2D eigenvalue weighted by Crippen LogP contribution is -2.31. The van der Waals surface area contributed by atoms with Crippen LogP contribution >= 0.6 is 0 Å². The Balaban J connectivity index is 1.77. The number of unbranched alkanes of at least 4 members (excludes halogenated alkanes) is 1. The quantitative estimate of drug-likeness (QED) is 0.689. The Labute approximate surface area is 173 Å². The number of nitrogens with one attached hydrogen (secondary N) is 1. The summed E-state index contributed by atoms with van der Waals surface area (Å²) in [6, 6.07) is 9.47. The van der Waals surface area contributed by atoms with E-state index in [0.29, 0.717) is 18.7 Å². The van der Waals surface area contributed by atoms with Crippen LogP contribution in [0.3, 0.4) is 0 Å². The molecule has 1 fully saturated rings. The topological polar surface area (TPSA) is 62.3 Å². The second-order valence-electron chi connectivity index (χ2n) is 7.94. The minimum Gasteiger partial charge on any atom is -0.334 e. The van der Waals surface area contributed by atoms with Gasteiger partial charge in [-0.3, -0.25) is 14.6 Å². The van der Waals surface area contributed by atoms with Crippen LogP contribution in [-0.2, 0) is 11.3 Å². The first-order valence-corrected chi connectivity index (χ1v) is 10.7. The van der Waals surface area contributed by atoms with Gasteiger partial charge >= 0.3 is 0 Å². The van der Waals surface area contributed by atoms with Crippen LogP contribution < -0.4 is 5.32 Å². The zero-order valence-corrected chi connectivity index (χ0v) is 17.5. The summed E-state index contributed by atoms with van der Waals surface area (Å²) in [7, 11) is 0. The minimum atomic E-state index is -0.0151. The van der Waals surface area contributed by atoms with Crippen molar-refractivity contribution in [3.05, 3.63) is 59.4 Å². The van der Waals surface area contributed by atoms with Gasteiger partial charge in [0.25, 0.3) is 5.91 Å². The molecule has 0 unspecified atom stereocenters. The summed E-state index contributed by atoms with van der Waals surface area (Å²) in [5, 5.41) is 3.06. The average molecular weight is 394 g/mol. The Bertz CT molecular complexity index is 829. The van der Waals surface area contributed by atoms with Crippen LogP contribution in [-0.4, -0.2) is 28.2 Å². The highest BCUT2D eigenvalue weighted by molar-refractivity contribution is 5.98. The van der Waals surface area contributed by atoms with E-state index in [0.717, 1.165) is 55.3 Å². The Kier molecular flexibility index (Phi) is 7.39. The molecule has 154 valence electrons. The van der Waals surface area contributed by atoms with Crippen molar-refractivity contribution in [2.24, 2.45) is 5.92 Å². The number of carbonyl (C=O) groups excluding carboxylic acids is 2. The van der Waals surface area contributed by atoms with E-state index in [1.54, 1.807) is 12.4 Å². The molecule has 1 N–H and O–H groups in total. The van der Waals surface area contributed by atoms with E-state index in [-0.39, 0.29) is 17.7 Å². The molecule has 0 spiro atoms. The number of rotatable bonds is 8. The van der Waals surface area contributed by atoms with Crippen molar-refractivity contribution < 1.29 is 9.59 Å². The van der Waals surface area contributed by atoms with Crippen LogP contribution in [0.15, 0.2) is 42.7 Å². The molecule has 1 aromatic carbocycles. The zero-order valence-electron chi connectivity index (χ0n) is 17.5. The molecule has 2 aromatic rings. The Morgan fingerprint density at radius 2 is 2.00 bits per heavy atom. The molecule has 1 saturated carbocycles. The van der Waals surface area contributed by atoms with Crippen LogP contribution in [0.4, 0.5) is 5.69 Å². The number of aromatic nitrogens is 1. The summed E-state index contributed by atoms with van der Waals surface area (Å²) in [5.74, 6) is 0.160. The number of pyridine rings is 1. The maximum Gasteiger partial charge on any atom is 0.254 e. The molecule has 0 atom stereocenters. The Morgan fingerprint density at radius 1 is 1.21 bits per heavy atom. The molecule has 1 aromatic heterocycles. The monoisotopic (exact) mass is 393 g/mol. The molecule has 0 aliphatic heterocycles. The van der Waals surface area contributed by atoms with Gasteiger partial charge in [-0.1, -0.05) is 38.3 Å². The molecule has 0 saturated heterocycles. The largest absolute Gasteiger partial charge is 0.334 e.